The molecular weight excluding hydrogens is 368 g/mol. The number of aryl methyl sites for hydroxylation is 1. The minimum absolute atomic E-state index is 0.210. The molecule has 2 aromatic carbocycles. The first-order valence-corrected chi connectivity index (χ1v) is 7.88. The molecule has 2 atom stereocenters. The molecule has 1 N–H and O–H groups in total. The van der Waals surface area contributed by atoms with Crippen LogP contribution in [0.4, 0.5) is 0 Å². The molecule has 0 spiro atoms. The molecule has 3 rings (SSSR count). The van der Waals surface area contributed by atoms with Gasteiger partial charge in [-0.3, -0.25) is 0 Å². The van der Waals surface area contributed by atoms with Crippen LogP contribution in [0.5, 0.6) is 0 Å². The summed E-state index contributed by atoms with van der Waals surface area (Å²) in [6, 6.07) is 12.4. The number of rotatable bonds is 2. The summed E-state index contributed by atoms with van der Waals surface area (Å²) in [7, 11) is 0. The Kier molecular flexibility index (Phi) is 3.54. The van der Waals surface area contributed by atoms with Crippen LogP contribution >= 0.6 is 31.9 Å². The van der Waals surface area contributed by atoms with Gasteiger partial charge in [0, 0.05) is 14.9 Å². The Labute approximate surface area is 129 Å². The normalized spacial score (nSPS) is 18.6. The van der Waals surface area contributed by atoms with E-state index in [1.807, 2.05) is 25.1 Å². The van der Waals surface area contributed by atoms with Crippen LogP contribution in [-0.4, -0.2) is 5.11 Å². The molecule has 0 fully saturated rings. The lowest BCUT2D eigenvalue weighted by Gasteiger charge is -2.34. The van der Waals surface area contributed by atoms with Crippen LogP contribution in [0.2, 0.25) is 0 Å². The lowest BCUT2D eigenvalue weighted by molar-refractivity contribution is 0.134. The fourth-order valence-electron chi connectivity index (χ4n) is 2.68. The first-order valence-electron chi connectivity index (χ1n) is 6.29. The van der Waals surface area contributed by atoms with Crippen molar-refractivity contribution in [2.45, 2.75) is 25.4 Å². The van der Waals surface area contributed by atoms with E-state index < -0.39 is 6.10 Å². The molecule has 98 valence electrons. The Morgan fingerprint density at radius 1 is 1.16 bits per heavy atom. The third-order valence-corrected chi connectivity index (χ3v) is 5.41. The van der Waals surface area contributed by atoms with Gasteiger partial charge in [0.2, 0.25) is 0 Å². The van der Waals surface area contributed by atoms with Crippen LogP contribution in [-0.2, 0) is 6.42 Å². The average molecular weight is 382 g/mol. The second-order valence-electron chi connectivity index (χ2n) is 5.08. The van der Waals surface area contributed by atoms with Crippen molar-refractivity contribution >= 4 is 31.9 Å². The number of hydrogen-bond donors (Lipinski definition) is 1. The van der Waals surface area contributed by atoms with Gasteiger partial charge in [0.15, 0.2) is 0 Å². The molecule has 19 heavy (non-hydrogen) atoms. The van der Waals surface area contributed by atoms with Crippen LogP contribution in [0, 0.1) is 6.92 Å². The third kappa shape index (κ3) is 2.28. The number of halogens is 2. The van der Waals surface area contributed by atoms with Crippen molar-refractivity contribution in [2.24, 2.45) is 0 Å². The smallest absolute Gasteiger partial charge is 0.0873 e. The maximum atomic E-state index is 10.6. The molecule has 0 radical (unpaired) electrons. The van der Waals surface area contributed by atoms with Crippen molar-refractivity contribution in [2.75, 3.05) is 0 Å². The topological polar surface area (TPSA) is 20.2 Å². The molecule has 0 saturated carbocycles. The van der Waals surface area contributed by atoms with E-state index in [-0.39, 0.29) is 5.92 Å². The molecule has 3 heteroatoms. The fraction of sp³-hybridized carbons (Fsp3) is 0.250. The molecule has 2 unspecified atom stereocenters. The van der Waals surface area contributed by atoms with Crippen molar-refractivity contribution in [1.82, 2.24) is 0 Å². The van der Waals surface area contributed by atoms with Gasteiger partial charge < -0.3 is 5.11 Å². The average Bonchev–Trinajstić information content (AvgIpc) is 2.35. The van der Waals surface area contributed by atoms with Crippen molar-refractivity contribution in [3.63, 3.8) is 0 Å². The molecule has 0 amide bonds. The standard InChI is InChI=1S/C16H14Br2O/c1-9-6-15(18)13(8-14(9)17)16(19)12-7-10-4-2-3-5-11(10)12/h2-6,8,12,16,19H,7H2,1H3. The minimum Gasteiger partial charge on any atom is -0.388 e. The highest BCUT2D eigenvalue weighted by molar-refractivity contribution is 9.11. The van der Waals surface area contributed by atoms with Gasteiger partial charge in [0.1, 0.15) is 0 Å². The van der Waals surface area contributed by atoms with E-state index in [0.29, 0.717) is 0 Å². The summed E-state index contributed by atoms with van der Waals surface area (Å²) in [5, 5.41) is 10.6. The molecule has 0 heterocycles. The fourth-order valence-corrected chi connectivity index (χ4v) is 3.74. The lowest BCUT2D eigenvalue weighted by atomic mass is 9.73. The van der Waals surface area contributed by atoms with Gasteiger partial charge in [-0.2, -0.15) is 0 Å². The Balaban J connectivity index is 1.94. The maximum Gasteiger partial charge on any atom is 0.0873 e. The quantitative estimate of drug-likeness (QED) is 0.784. The van der Waals surface area contributed by atoms with Gasteiger partial charge in [-0.25, -0.2) is 0 Å². The zero-order valence-electron chi connectivity index (χ0n) is 10.5. The Hall–Kier alpha value is -0.640. The predicted octanol–water partition coefficient (Wildman–Crippen LogP) is 4.89. The second-order valence-corrected chi connectivity index (χ2v) is 6.79. The second kappa shape index (κ2) is 5.04. The number of fused-ring (bicyclic) bond motifs is 1. The molecule has 0 aliphatic heterocycles. The summed E-state index contributed by atoms with van der Waals surface area (Å²) in [5.41, 5.74) is 4.75. The molecule has 0 aromatic heterocycles. The van der Waals surface area contributed by atoms with Gasteiger partial charge in [-0.15, -0.1) is 0 Å². The van der Waals surface area contributed by atoms with Crippen molar-refractivity contribution in [3.8, 4) is 0 Å². The van der Waals surface area contributed by atoms with Crippen molar-refractivity contribution in [1.29, 1.82) is 0 Å². The van der Waals surface area contributed by atoms with Gasteiger partial charge in [0.25, 0.3) is 0 Å². The van der Waals surface area contributed by atoms with E-state index in [0.717, 1.165) is 26.5 Å². The van der Waals surface area contributed by atoms with Crippen LogP contribution in [0.25, 0.3) is 0 Å². The number of hydrogen-bond acceptors (Lipinski definition) is 1. The molecule has 1 aliphatic carbocycles. The first kappa shape index (κ1) is 13.3. The summed E-state index contributed by atoms with van der Waals surface area (Å²) in [4.78, 5) is 0. The summed E-state index contributed by atoms with van der Waals surface area (Å²) in [6.07, 6.45) is 0.496. The lowest BCUT2D eigenvalue weighted by Crippen LogP contribution is -2.23. The summed E-state index contributed by atoms with van der Waals surface area (Å²) >= 11 is 7.10. The van der Waals surface area contributed by atoms with Gasteiger partial charge in [0.05, 0.1) is 6.10 Å². The highest BCUT2D eigenvalue weighted by atomic mass is 79.9. The SMILES string of the molecule is Cc1cc(Br)c(C(O)C2Cc3ccccc32)cc1Br. The predicted molar refractivity (Wildman–Crippen MR) is 84.4 cm³/mol. The Morgan fingerprint density at radius 2 is 1.89 bits per heavy atom. The van der Waals surface area contributed by atoms with E-state index in [9.17, 15) is 5.11 Å². The zero-order valence-corrected chi connectivity index (χ0v) is 13.7. The van der Waals surface area contributed by atoms with E-state index >= 15 is 0 Å². The number of aliphatic hydroxyl groups excluding tert-OH is 1. The summed E-state index contributed by atoms with van der Waals surface area (Å²) < 4.78 is 2.02. The Morgan fingerprint density at radius 3 is 2.63 bits per heavy atom. The van der Waals surface area contributed by atoms with Crippen molar-refractivity contribution in [3.05, 3.63) is 67.6 Å². The van der Waals surface area contributed by atoms with Gasteiger partial charge in [-0.05, 0) is 47.7 Å². The Bertz CT molecular complexity index is 637. The van der Waals surface area contributed by atoms with Crippen LogP contribution in [0.1, 0.15) is 34.3 Å². The van der Waals surface area contributed by atoms with Crippen LogP contribution in [0.3, 0.4) is 0 Å². The highest BCUT2D eigenvalue weighted by Gasteiger charge is 2.33. The zero-order chi connectivity index (χ0) is 13.6. The first-order chi connectivity index (χ1) is 9.08. The van der Waals surface area contributed by atoms with Crippen LogP contribution in [0.15, 0.2) is 45.3 Å². The largest absolute Gasteiger partial charge is 0.388 e. The summed E-state index contributed by atoms with van der Waals surface area (Å²) in [6.45, 7) is 2.05. The minimum atomic E-state index is -0.457. The number of aliphatic hydroxyl groups is 1. The molecular formula is C16H14Br2O. The van der Waals surface area contributed by atoms with E-state index in [1.54, 1.807) is 0 Å². The van der Waals surface area contributed by atoms with Gasteiger partial charge >= 0.3 is 0 Å². The molecule has 1 aliphatic rings. The summed E-state index contributed by atoms with van der Waals surface area (Å²) in [5.74, 6) is 0.210. The third-order valence-electron chi connectivity index (χ3n) is 3.87. The number of benzene rings is 2. The van der Waals surface area contributed by atoms with Gasteiger partial charge in [-0.1, -0.05) is 56.1 Å². The maximum absolute atomic E-state index is 10.6. The molecule has 2 aromatic rings. The van der Waals surface area contributed by atoms with E-state index in [2.05, 4.69) is 50.1 Å². The molecule has 0 saturated heterocycles. The van der Waals surface area contributed by atoms with Crippen LogP contribution < -0.4 is 0 Å². The molecule has 1 nitrogen and oxygen atoms in total. The monoisotopic (exact) mass is 380 g/mol. The van der Waals surface area contributed by atoms with Crippen molar-refractivity contribution < 1.29 is 5.11 Å². The molecule has 0 bridgehead atoms. The van der Waals surface area contributed by atoms with E-state index in [4.69, 9.17) is 0 Å². The van der Waals surface area contributed by atoms with E-state index in [1.165, 1.54) is 11.1 Å². The highest BCUT2D eigenvalue weighted by Crippen LogP contribution is 2.45.